The van der Waals surface area contributed by atoms with Gasteiger partial charge in [-0.05, 0) is 93.0 Å². The number of nitrogens with zero attached hydrogens (tertiary/aromatic N) is 2. The molecular formula is C30H31FN4O3. The van der Waals surface area contributed by atoms with E-state index < -0.39 is 5.82 Å². The second-order valence-corrected chi connectivity index (χ2v) is 10.2. The van der Waals surface area contributed by atoms with Crippen molar-refractivity contribution in [3.05, 3.63) is 80.0 Å². The number of aromatic nitrogens is 1. The molecule has 7 nitrogen and oxygen atoms in total. The maximum atomic E-state index is 14.5. The van der Waals surface area contributed by atoms with Crippen molar-refractivity contribution in [2.24, 2.45) is 0 Å². The summed E-state index contributed by atoms with van der Waals surface area (Å²) in [6, 6.07) is 10.00. The van der Waals surface area contributed by atoms with Crippen molar-refractivity contribution in [3.63, 3.8) is 0 Å². The molecule has 0 bridgehead atoms. The normalized spacial score (nSPS) is 14.4. The number of hydrogen-bond acceptors (Lipinski definition) is 5. The van der Waals surface area contributed by atoms with Crippen LogP contribution in [-0.4, -0.2) is 30.1 Å². The molecule has 2 aromatic carbocycles. The third kappa shape index (κ3) is 4.65. The number of aromatic amines is 1. The van der Waals surface area contributed by atoms with Gasteiger partial charge in [0.15, 0.2) is 5.75 Å². The zero-order valence-corrected chi connectivity index (χ0v) is 21.9. The van der Waals surface area contributed by atoms with Gasteiger partial charge in [-0.3, -0.25) is 9.59 Å². The Labute approximate surface area is 221 Å². The summed E-state index contributed by atoms with van der Waals surface area (Å²) in [5, 5.41) is 12.1. The Kier molecular flexibility index (Phi) is 6.94. The molecule has 2 N–H and O–H groups in total. The van der Waals surface area contributed by atoms with E-state index in [0.717, 1.165) is 42.6 Å². The van der Waals surface area contributed by atoms with Crippen LogP contribution in [0, 0.1) is 24.1 Å². The van der Waals surface area contributed by atoms with E-state index in [1.807, 2.05) is 19.1 Å². The van der Waals surface area contributed by atoms with Crippen molar-refractivity contribution in [1.29, 1.82) is 5.26 Å². The third-order valence-corrected chi connectivity index (χ3v) is 7.53. The summed E-state index contributed by atoms with van der Waals surface area (Å²) in [5.41, 5.74) is 5.78. The molecule has 2 aliphatic rings. The number of ether oxygens (including phenoxy) is 1. The van der Waals surface area contributed by atoms with Crippen LogP contribution >= 0.6 is 0 Å². The Morgan fingerprint density at radius 2 is 1.95 bits per heavy atom. The minimum absolute atomic E-state index is 0.0385. The summed E-state index contributed by atoms with van der Waals surface area (Å²) < 4.78 is 20.5. The van der Waals surface area contributed by atoms with Gasteiger partial charge >= 0.3 is 0 Å². The van der Waals surface area contributed by atoms with E-state index in [9.17, 15) is 14.0 Å². The molecule has 1 amide bonds. The largest absolute Gasteiger partial charge is 0.489 e. The van der Waals surface area contributed by atoms with E-state index in [1.54, 1.807) is 12.1 Å². The van der Waals surface area contributed by atoms with Gasteiger partial charge in [-0.2, -0.15) is 5.26 Å². The van der Waals surface area contributed by atoms with Crippen LogP contribution < -0.4 is 20.5 Å². The van der Waals surface area contributed by atoms with E-state index in [2.05, 4.69) is 29.0 Å². The van der Waals surface area contributed by atoms with E-state index in [1.165, 1.54) is 17.7 Å². The molecule has 1 aliphatic heterocycles. The van der Waals surface area contributed by atoms with Crippen LogP contribution in [0.1, 0.15) is 65.0 Å². The van der Waals surface area contributed by atoms with Gasteiger partial charge in [0.2, 0.25) is 0 Å². The summed E-state index contributed by atoms with van der Waals surface area (Å²) in [4.78, 5) is 31.6. The van der Waals surface area contributed by atoms with Gasteiger partial charge in [-0.1, -0.05) is 6.07 Å². The average Bonchev–Trinajstić information content (AvgIpc) is 2.91. The molecule has 0 unspecified atom stereocenters. The summed E-state index contributed by atoms with van der Waals surface area (Å²) in [6.45, 7) is 7.25. The monoisotopic (exact) mass is 514 g/mol. The Hall–Kier alpha value is -4.12. The molecule has 0 radical (unpaired) electrons. The lowest BCUT2D eigenvalue weighted by Crippen LogP contribution is -2.39. The number of nitrogens with one attached hydrogen (secondary N) is 2. The topological polar surface area (TPSA) is 98.2 Å². The molecule has 0 fully saturated rings. The van der Waals surface area contributed by atoms with E-state index in [0.29, 0.717) is 41.2 Å². The van der Waals surface area contributed by atoms with E-state index in [4.69, 9.17) is 10.00 Å². The van der Waals surface area contributed by atoms with Crippen LogP contribution in [-0.2, 0) is 19.4 Å². The predicted molar refractivity (Wildman–Crippen MR) is 144 cm³/mol. The van der Waals surface area contributed by atoms with Crippen molar-refractivity contribution >= 4 is 11.6 Å². The number of halogens is 1. The number of anilines is 1. The quantitative estimate of drug-likeness (QED) is 0.511. The van der Waals surface area contributed by atoms with Crippen molar-refractivity contribution in [3.8, 4) is 22.9 Å². The summed E-state index contributed by atoms with van der Waals surface area (Å²) in [5.74, 6) is -0.512. The van der Waals surface area contributed by atoms with Gasteiger partial charge in [-0.25, -0.2) is 4.39 Å². The van der Waals surface area contributed by atoms with Crippen LogP contribution in [0.25, 0.3) is 11.1 Å². The van der Waals surface area contributed by atoms with Crippen molar-refractivity contribution < 1.29 is 13.9 Å². The zero-order chi connectivity index (χ0) is 27.0. The molecule has 2 heterocycles. The maximum Gasteiger partial charge on any atom is 0.255 e. The molecule has 3 aromatic rings. The number of H-pyrrole nitrogens is 1. The molecule has 0 spiro atoms. The molecule has 1 aromatic heterocycles. The molecule has 1 aliphatic carbocycles. The molecule has 38 heavy (non-hydrogen) atoms. The van der Waals surface area contributed by atoms with Crippen LogP contribution in [0.15, 0.2) is 35.1 Å². The van der Waals surface area contributed by atoms with Gasteiger partial charge in [0, 0.05) is 23.8 Å². The first kappa shape index (κ1) is 25.5. The fourth-order valence-electron chi connectivity index (χ4n) is 5.56. The number of carbonyl (C=O) groups excluding carboxylic acids is 1. The minimum Gasteiger partial charge on any atom is -0.489 e. The fraction of sp³-hybridized carbons (Fsp3) is 0.367. The summed E-state index contributed by atoms with van der Waals surface area (Å²) >= 11 is 0. The standard InChI is InChI=1S/C30H31FN4O3/c1-17(2)35-10-11-38-28-24(12-21(14-27(28)35)19-8-9-20(15-32)26(31)13-19)29(36)33-16-25-23-7-5-4-6-22(23)18(3)34-30(25)37/h8-9,12-14,17H,4-7,10-11,16H2,1-3H3,(H,33,36)(H,34,37). The number of rotatable bonds is 5. The second-order valence-electron chi connectivity index (χ2n) is 10.2. The fourth-order valence-corrected chi connectivity index (χ4v) is 5.56. The van der Waals surface area contributed by atoms with Crippen molar-refractivity contribution in [1.82, 2.24) is 10.3 Å². The summed E-state index contributed by atoms with van der Waals surface area (Å²) in [7, 11) is 0. The van der Waals surface area contributed by atoms with Gasteiger partial charge in [0.1, 0.15) is 18.5 Å². The number of fused-ring (bicyclic) bond motifs is 2. The smallest absolute Gasteiger partial charge is 0.255 e. The number of pyridine rings is 1. The highest BCUT2D eigenvalue weighted by atomic mass is 19.1. The van der Waals surface area contributed by atoms with Crippen LogP contribution in [0.5, 0.6) is 5.75 Å². The Balaban J connectivity index is 1.54. The molecule has 5 rings (SSSR count). The van der Waals surface area contributed by atoms with Crippen molar-refractivity contribution in [2.75, 3.05) is 18.1 Å². The van der Waals surface area contributed by atoms with E-state index in [-0.39, 0.29) is 29.6 Å². The number of aryl methyl sites for hydroxylation is 1. The number of hydrogen-bond donors (Lipinski definition) is 2. The lowest BCUT2D eigenvalue weighted by molar-refractivity contribution is 0.0946. The van der Waals surface area contributed by atoms with Gasteiger partial charge in [-0.15, -0.1) is 0 Å². The Bertz CT molecular complexity index is 1520. The first-order chi connectivity index (χ1) is 18.3. The molecule has 196 valence electrons. The van der Waals surface area contributed by atoms with Crippen LogP contribution in [0.2, 0.25) is 0 Å². The van der Waals surface area contributed by atoms with E-state index >= 15 is 0 Å². The number of nitriles is 1. The lowest BCUT2D eigenvalue weighted by atomic mass is 9.88. The highest BCUT2D eigenvalue weighted by Crippen LogP contribution is 2.40. The number of carbonyl (C=O) groups is 1. The second kappa shape index (κ2) is 10.3. The average molecular weight is 515 g/mol. The Morgan fingerprint density at radius 3 is 2.66 bits per heavy atom. The molecule has 0 saturated heterocycles. The van der Waals surface area contributed by atoms with Gasteiger partial charge in [0.25, 0.3) is 11.5 Å². The van der Waals surface area contributed by atoms with Crippen molar-refractivity contribution in [2.45, 2.75) is 59.0 Å². The minimum atomic E-state index is -0.617. The predicted octanol–water partition coefficient (Wildman–Crippen LogP) is 4.78. The van der Waals surface area contributed by atoms with Gasteiger partial charge < -0.3 is 19.9 Å². The summed E-state index contributed by atoms with van der Waals surface area (Å²) in [6.07, 6.45) is 3.86. The molecule has 8 heteroatoms. The Morgan fingerprint density at radius 1 is 1.18 bits per heavy atom. The van der Waals surface area contributed by atoms with Crippen LogP contribution in [0.3, 0.4) is 0 Å². The van der Waals surface area contributed by atoms with Gasteiger partial charge in [0.05, 0.1) is 23.4 Å². The van der Waals surface area contributed by atoms with Crippen LogP contribution in [0.4, 0.5) is 10.1 Å². The zero-order valence-electron chi connectivity index (χ0n) is 21.9. The first-order valence-corrected chi connectivity index (χ1v) is 13.1. The lowest BCUT2D eigenvalue weighted by Gasteiger charge is -2.35. The molecular weight excluding hydrogens is 483 g/mol. The highest BCUT2D eigenvalue weighted by Gasteiger charge is 2.28. The first-order valence-electron chi connectivity index (χ1n) is 13.1. The third-order valence-electron chi connectivity index (χ3n) is 7.53. The number of benzene rings is 2. The molecule has 0 atom stereocenters. The SMILES string of the molecule is Cc1[nH]c(=O)c(CNC(=O)c2cc(-c3ccc(C#N)c(F)c3)cc3c2OCCN3C(C)C)c2c1CCCC2. The number of amides is 1. The molecule has 0 saturated carbocycles. The highest BCUT2D eigenvalue weighted by molar-refractivity contribution is 6.01. The maximum absolute atomic E-state index is 14.5.